The van der Waals surface area contributed by atoms with Crippen LogP contribution in [-0.2, 0) is 0 Å². The third-order valence-corrected chi connectivity index (χ3v) is 8.29. The molecule has 1 heterocycles. The molecule has 6 heteroatoms. The van der Waals surface area contributed by atoms with Crippen LogP contribution < -0.4 is 5.32 Å². The second kappa shape index (κ2) is 13.5. The van der Waals surface area contributed by atoms with Crippen LogP contribution in [0.2, 0.25) is 0 Å². The summed E-state index contributed by atoms with van der Waals surface area (Å²) in [7, 11) is 0. The van der Waals surface area contributed by atoms with Gasteiger partial charge in [0.05, 0.1) is 11.4 Å². The molecule has 0 bridgehead atoms. The van der Waals surface area contributed by atoms with Gasteiger partial charge in [0.25, 0.3) is 0 Å². The molecule has 3 aromatic rings. The number of para-hydroxylation sites is 1. The zero-order chi connectivity index (χ0) is 30.5. The minimum Gasteiger partial charge on any atom is -0.382 e. The molecule has 43 heavy (non-hydrogen) atoms. The van der Waals surface area contributed by atoms with Crippen molar-refractivity contribution < 1.29 is 10.2 Å². The SMILES string of the molecule is C=C(C)N=C(c1cc(F)cc(F)c1)c1ccc(NC2CCN(C(=Nc3ccccc3C)C(=C)CCC3CC3)CC2)cc1C.[HH]. The fourth-order valence-electron chi connectivity index (χ4n) is 5.73. The van der Waals surface area contributed by atoms with Gasteiger partial charge in [0, 0.05) is 49.1 Å². The van der Waals surface area contributed by atoms with E-state index in [0.29, 0.717) is 23.0 Å². The van der Waals surface area contributed by atoms with Crippen molar-refractivity contribution in [1.82, 2.24) is 4.90 Å². The predicted octanol–water partition coefficient (Wildman–Crippen LogP) is 9.55. The summed E-state index contributed by atoms with van der Waals surface area (Å²) in [5.74, 6) is 0.627. The van der Waals surface area contributed by atoms with Crippen molar-refractivity contribution >= 4 is 22.9 Å². The molecular weight excluding hydrogens is 538 g/mol. The topological polar surface area (TPSA) is 40.0 Å². The highest BCUT2D eigenvalue weighted by molar-refractivity contribution is 6.14. The van der Waals surface area contributed by atoms with E-state index >= 15 is 0 Å². The summed E-state index contributed by atoms with van der Waals surface area (Å²) in [4.78, 5) is 12.1. The highest BCUT2D eigenvalue weighted by atomic mass is 19.1. The number of amidine groups is 1. The minimum absolute atomic E-state index is 0. The van der Waals surface area contributed by atoms with Crippen molar-refractivity contribution in [2.24, 2.45) is 15.9 Å². The average Bonchev–Trinajstić information content (AvgIpc) is 3.79. The molecule has 0 spiro atoms. The molecule has 2 aliphatic rings. The molecule has 1 aliphatic heterocycles. The fraction of sp³-hybridized carbons (Fsp3) is 0.351. The molecule has 226 valence electrons. The van der Waals surface area contributed by atoms with E-state index in [9.17, 15) is 8.78 Å². The second-order valence-electron chi connectivity index (χ2n) is 12.1. The first-order chi connectivity index (χ1) is 20.7. The number of allylic oxidation sites excluding steroid dienone is 1. The lowest BCUT2D eigenvalue weighted by atomic mass is 9.96. The predicted molar refractivity (Wildman–Crippen MR) is 178 cm³/mol. The minimum atomic E-state index is -0.634. The zero-order valence-corrected chi connectivity index (χ0v) is 25.6. The summed E-state index contributed by atoms with van der Waals surface area (Å²) in [5.41, 5.74) is 7.57. The Morgan fingerprint density at radius 2 is 1.63 bits per heavy atom. The van der Waals surface area contributed by atoms with Crippen molar-refractivity contribution in [3.05, 3.63) is 119 Å². The lowest BCUT2D eigenvalue weighted by Crippen LogP contribution is -2.43. The average molecular weight is 583 g/mol. The van der Waals surface area contributed by atoms with Crippen LogP contribution in [0.1, 0.15) is 69.1 Å². The van der Waals surface area contributed by atoms with Gasteiger partial charge in [0.15, 0.2) is 0 Å². The quantitative estimate of drug-likeness (QED) is 0.191. The van der Waals surface area contributed by atoms with E-state index in [1.54, 1.807) is 6.92 Å². The Morgan fingerprint density at radius 1 is 0.930 bits per heavy atom. The van der Waals surface area contributed by atoms with Crippen molar-refractivity contribution in [3.8, 4) is 0 Å². The van der Waals surface area contributed by atoms with Crippen LogP contribution >= 0.6 is 0 Å². The molecule has 0 atom stereocenters. The molecular formula is C37H44F2N4. The molecule has 3 aromatic carbocycles. The normalized spacial score (nSPS) is 16.3. The number of aliphatic imine (C=N–C) groups is 2. The molecule has 1 saturated carbocycles. The first-order valence-corrected chi connectivity index (χ1v) is 15.3. The molecule has 1 aliphatic carbocycles. The smallest absolute Gasteiger partial charge is 0.131 e. The summed E-state index contributed by atoms with van der Waals surface area (Å²) in [6, 6.07) is 18.2. The van der Waals surface area contributed by atoms with E-state index in [4.69, 9.17) is 4.99 Å². The van der Waals surface area contributed by atoms with Crippen molar-refractivity contribution in [2.45, 2.75) is 65.3 Å². The second-order valence-corrected chi connectivity index (χ2v) is 12.1. The lowest BCUT2D eigenvalue weighted by Gasteiger charge is -2.35. The summed E-state index contributed by atoms with van der Waals surface area (Å²) < 4.78 is 28.1. The van der Waals surface area contributed by atoms with Gasteiger partial charge in [-0.05, 0) is 99.4 Å². The number of hydrogen-bond donors (Lipinski definition) is 1. The largest absolute Gasteiger partial charge is 0.382 e. The summed E-state index contributed by atoms with van der Waals surface area (Å²) in [6.45, 7) is 16.0. The van der Waals surface area contributed by atoms with Crippen LogP contribution in [0.25, 0.3) is 0 Å². The first-order valence-electron chi connectivity index (χ1n) is 15.3. The van der Waals surface area contributed by atoms with Crippen LogP contribution in [0, 0.1) is 31.4 Å². The van der Waals surface area contributed by atoms with Gasteiger partial charge >= 0.3 is 0 Å². The third-order valence-electron chi connectivity index (χ3n) is 8.29. The number of likely N-dealkylation sites (tertiary alicyclic amines) is 1. The molecule has 4 nitrogen and oxygen atoms in total. The van der Waals surface area contributed by atoms with Crippen LogP contribution in [-0.4, -0.2) is 35.6 Å². The van der Waals surface area contributed by atoms with Gasteiger partial charge in [-0.15, -0.1) is 0 Å². The molecule has 0 aromatic heterocycles. The Balaban J connectivity index is 0.00000442. The number of aryl methyl sites for hydroxylation is 2. The summed E-state index contributed by atoms with van der Waals surface area (Å²) in [6.07, 6.45) is 6.85. The molecule has 2 fully saturated rings. The number of piperidine rings is 1. The third kappa shape index (κ3) is 8.07. The number of nitrogens with one attached hydrogen (secondary N) is 1. The number of benzene rings is 3. The van der Waals surface area contributed by atoms with Gasteiger partial charge in [0.1, 0.15) is 17.5 Å². The molecule has 5 rings (SSSR count). The number of nitrogens with zero attached hydrogens (tertiary/aromatic N) is 3. The van der Waals surface area contributed by atoms with E-state index in [2.05, 4.69) is 59.6 Å². The van der Waals surface area contributed by atoms with Gasteiger partial charge in [-0.3, -0.25) is 4.99 Å². The van der Waals surface area contributed by atoms with E-state index in [-0.39, 0.29) is 1.43 Å². The van der Waals surface area contributed by atoms with Gasteiger partial charge in [0.2, 0.25) is 0 Å². The van der Waals surface area contributed by atoms with E-state index in [1.165, 1.54) is 37.0 Å². The summed E-state index contributed by atoms with van der Waals surface area (Å²) >= 11 is 0. The fourth-order valence-corrected chi connectivity index (χ4v) is 5.73. The van der Waals surface area contributed by atoms with Gasteiger partial charge < -0.3 is 10.2 Å². The number of halogens is 2. The zero-order valence-electron chi connectivity index (χ0n) is 25.6. The van der Waals surface area contributed by atoms with Crippen molar-refractivity contribution in [2.75, 3.05) is 18.4 Å². The Hall–Kier alpha value is -4.06. The molecule has 0 radical (unpaired) electrons. The molecule has 0 unspecified atom stereocenters. The van der Waals surface area contributed by atoms with Crippen LogP contribution in [0.15, 0.2) is 95.1 Å². The molecule has 1 N–H and O–H groups in total. The van der Waals surface area contributed by atoms with E-state index in [1.807, 2.05) is 25.1 Å². The Kier molecular flexibility index (Phi) is 9.54. The number of hydrogen-bond acceptors (Lipinski definition) is 3. The summed E-state index contributed by atoms with van der Waals surface area (Å²) in [5, 5.41) is 3.72. The molecule has 1 saturated heterocycles. The van der Waals surface area contributed by atoms with Crippen LogP contribution in [0.5, 0.6) is 0 Å². The lowest BCUT2D eigenvalue weighted by molar-refractivity contribution is 0.323. The van der Waals surface area contributed by atoms with Crippen LogP contribution in [0.4, 0.5) is 20.2 Å². The number of anilines is 1. The van der Waals surface area contributed by atoms with Crippen molar-refractivity contribution in [1.29, 1.82) is 0 Å². The van der Waals surface area contributed by atoms with Crippen molar-refractivity contribution in [3.63, 3.8) is 0 Å². The Bertz CT molecular complexity index is 1550. The maximum absolute atomic E-state index is 14.0. The highest BCUT2D eigenvalue weighted by Gasteiger charge is 2.26. The van der Waals surface area contributed by atoms with Gasteiger partial charge in [-0.25, -0.2) is 13.8 Å². The highest BCUT2D eigenvalue weighted by Crippen LogP contribution is 2.35. The maximum Gasteiger partial charge on any atom is 0.131 e. The van der Waals surface area contributed by atoms with Crippen LogP contribution in [0.3, 0.4) is 0 Å². The maximum atomic E-state index is 14.0. The van der Waals surface area contributed by atoms with Gasteiger partial charge in [-0.1, -0.05) is 50.3 Å². The number of rotatable bonds is 10. The standard InChI is InChI=1S/C37H42F2N4.H2/c1-24(2)40-36(29-21-30(38)23-31(39)22-29)34-15-14-33(20-27(34)5)41-32-16-18-43(19-17-32)37(26(4)10-11-28-12-13-28)42-35-9-7-6-8-25(35)3;/h6-9,14-15,20-23,28,32,41H,1,4,10-13,16-19H2,2-3,5H3;1H. The first kappa shape index (κ1) is 30.4. The molecule has 0 amide bonds. The monoisotopic (exact) mass is 582 g/mol. The Morgan fingerprint density at radius 3 is 2.26 bits per heavy atom. The van der Waals surface area contributed by atoms with Gasteiger partial charge in [-0.2, -0.15) is 0 Å². The Labute approximate surface area is 256 Å². The van der Waals surface area contributed by atoms with E-state index < -0.39 is 11.6 Å². The van der Waals surface area contributed by atoms with E-state index in [0.717, 1.165) is 78.2 Å².